The molecule has 33 heavy (non-hydrogen) atoms. The summed E-state index contributed by atoms with van der Waals surface area (Å²) in [5.74, 6) is -0.903. The Morgan fingerprint density at radius 2 is 1.94 bits per heavy atom. The number of rotatable bonds is 5. The predicted molar refractivity (Wildman–Crippen MR) is 112 cm³/mol. The van der Waals surface area contributed by atoms with Gasteiger partial charge in [-0.2, -0.15) is 21.6 Å². The Bertz CT molecular complexity index is 1040. The Labute approximate surface area is 190 Å². The van der Waals surface area contributed by atoms with Crippen molar-refractivity contribution < 1.29 is 40.4 Å². The van der Waals surface area contributed by atoms with Crippen LogP contribution in [-0.4, -0.2) is 38.3 Å². The monoisotopic (exact) mass is 491 g/mol. The normalized spacial score (nSPS) is 31.2. The van der Waals surface area contributed by atoms with E-state index in [0.29, 0.717) is 18.3 Å². The molecule has 184 valence electrons. The molecule has 0 bridgehead atoms. The van der Waals surface area contributed by atoms with Gasteiger partial charge in [0.05, 0.1) is 6.10 Å². The van der Waals surface area contributed by atoms with Gasteiger partial charge in [0, 0.05) is 6.92 Å². The van der Waals surface area contributed by atoms with E-state index in [2.05, 4.69) is 6.92 Å². The lowest BCUT2D eigenvalue weighted by Crippen LogP contribution is -2.44. The fraction of sp³-hybridized carbons (Fsp3) is 0.682. The number of benzene rings is 1. The molecule has 0 spiro atoms. The number of hydrogen-bond acceptors (Lipinski definition) is 6. The smallest absolute Gasteiger partial charge is 0.422 e. The molecule has 1 aromatic rings. The van der Waals surface area contributed by atoms with E-state index < -0.39 is 29.0 Å². The van der Waals surface area contributed by atoms with Crippen LogP contribution in [0, 0.1) is 17.3 Å². The Balaban J connectivity index is 1.69. The first-order valence-electron chi connectivity index (χ1n) is 11.1. The van der Waals surface area contributed by atoms with Crippen molar-refractivity contribution in [2.45, 2.75) is 70.6 Å². The van der Waals surface area contributed by atoms with Gasteiger partial charge in [-0.25, -0.2) is 4.72 Å². The van der Waals surface area contributed by atoms with E-state index in [9.17, 15) is 31.5 Å². The van der Waals surface area contributed by atoms with Crippen LogP contribution >= 0.6 is 0 Å². The third kappa shape index (κ3) is 4.80. The maximum atomic E-state index is 12.9. The van der Waals surface area contributed by atoms with Crippen molar-refractivity contribution in [2.24, 2.45) is 17.3 Å². The lowest BCUT2D eigenvalue weighted by Gasteiger charge is -2.50. The van der Waals surface area contributed by atoms with Crippen LogP contribution in [0.25, 0.3) is 0 Å². The topological polar surface area (TPSA) is 102 Å². The minimum atomic E-state index is -4.63. The number of ether oxygens (including phenoxy) is 1. The first kappa shape index (κ1) is 24.1. The Morgan fingerprint density at radius 3 is 2.61 bits per heavy atom. The summed E-state index contributed by atoms with van der Waals surface area (Å²) < 4.78 is 74.3. The molecule has 0 heterocycles. The summed E-state index contributed by atoms with van der Waals surface area (Å²) in [5.41, 5.74) is 1.49. The van der Waals surface area contributed by atoms with Crippen molar-refractivity contribution in [3.63, 3.8) is 0 Å². The summed E-state index contributed by atoms with van der Waals surface area (Å²) >= 11 is 0. The zero-order valence-corrected chi connectivity index (χ0v) is 19.3. The quantitative estimate of drug-likeness (QED) is 0.653. The second kappa shape index (κ2) is 8.33. The Morgan fingerprint density at radius 1 is 1.21 bits per heavy atom. The lowest BCUT2D eigenvalue weighted by molar-refractivity contribution is -0.153. The van der Waals surface area contributed by atoms with Crippen molar-refractivity contribution in [2.75, 3.05) is 6.61 Å². The number of carbonyl (C=O) groups excluding carboxylic acids is 1. The molecular formula is C22H28F3NO6S. The van der Waals surface area contributed by atoms with E-state index in [0.717, 1.165) is 50.2 Å². The van der Waals surface area contributed by atoms with Crippen molar-refractivity contribution in [1.29, 1.82) is 0 Å². The van der Waals surface area contributed by atoms with E-state index >= 15 is 0 Å². The van der Waals surface area contributed by atoms with Crippen molar-refractivity contribution >= 4 is 16.2 Å². The maximum absolute atomic E-state index is 12.9. The third-order valence-corrected chi connectivity index (χ3v) is 8.54. The van der Waals surface area contributed by atoms with Crippen LogP contribution < -0.4 is 13.6 Å². The first-order valence-corrected chi connectivity index (χ1v) is 12.5. The fourth-order valence-corrected chi connectivity index (χ4v) is 6.96. The standard InChI is InChI=1S/C22H28F3NO6S/c1-12(27)26-33(29,30)32-19-9-13-3-4-15-14(7-8-21(2)17(15)5-6-20(21)28)16(13)10-18(19)31-11-22(23,24)25/h9-10,14-15,17,20,28H,3-8,11H2,1-2H3,(H,26,27)/t14-,15+,17-,20+,21-/m0/s1. The molecule has 2 fully saturated rings. The molecule has 2 saturated carbocycles. The average molecular weight is 492 g/mol. The number of fused-ring (bicyclic) bond motifs is 5. The van der Waals surface area contributed by atoms with E-state index in [4.69, 9.17) is 8.92 Å². The van der Waals surface area contributed by atoms with Gasteiger partial charge in [0.15, 0.2) is 18.1 Å². The van der Waals surface area contributed by atoms with Crippen LogP contribution in [0.5, 0.6) is 11.5 Å². The molecule has 0 radical (unpaired) electrons. The van der Waals surface area contributed by atoms with Gasteiger partial charge >= 0.3 is 16.5 Å². The van der Waals surface area contributed by atoms with Gasteiger partial charge in [-0.05, 0) is 85.0 Å². The van der Waals surface area contributed by atoms with E-state index in [1.807, 2.05) is 0 Å². The Kier molecular flexibility index (Phi) is 6.09. The summed E-state index contributed by atoms with van der Waals surface area (Å²) in [4.78, 5) is 11.2. The van der Waals surface area contributed by atoms with Gasteiger partial charge in [-0.3, -0.25) is 4.79 Å². The molecule has 11 heteroatoms. The molecule has 1 amide bonds. The van der Waals surface area contributed by atoms with Gasteiger partial charge in [-0.15, -0.1) is 0 Å². The number of halogens is 3. The molecule has 2 N–H and O–H groups in total. The summed E-state index contributed by atoms with van der Waals surface area (Å²) in [6.07, 6.45) is -0.255. The fourth-order valence-electron chi connectivity index (χ4n) is 6.20. The van der Waals surface area contributed by atoms with E-state index in [1.54, 1.807) is 4.72 Å². The van der Waals surface area contributed by atoms with Crippen molar-refractivity contribution in [3.8, 4) is 11.5 Å². The molecule has 1 aromatic carbocycles. The van der Waals surface area contributed by atoms with E-state index in [-0.39, 0.29) is 28.9 Å². The van der Waals surface area contributed by atoms with Crippen LogP contribution in [-0.2, 0) is 21.5 Å². The van der Waals surface area contributed by atoms with Crippen LogP contribution in [0.4, 0.5) is 13.2 Å². The SMILES string of the molecule is CC(=O)NS(=O)(=O)Oc1cc2c(cc1OCC(F)(F)F)[C@H]1CC[C@]3(C)[C@H](O)CC[C@H]3[C@@H]1CC2. The second-order valence-corrected chi connectivity index (χ2v) is 10.9. The minimum Gasteiger partial charge on any atom is -0.480 e. The van der Waals surface area contributed by atoms with Gasteiger partial charge in [0.2, 0.25) is 5.91 Å². The molecule has 7 nitrogen and oxygen atoms in total. The molecule has 4 rings (SSSR count). The summed E-state index contributed by atoms with van der Waals surface area (Å²) in [7, 11) is -4.57. The number of carbonyl (C=O) groups is 1. The number of nitrogens with one attached hydrogen (secondary N) is 1. The number of amides is 1. The summed E-state index contributed by atoms with van der Waals surface area (Å²) in [6, 6.07) is 2.87. The largest absolute Gasteiger partial charge is 0.480 e. The zero-order chi connectivity index (χ0) is 24.2. The highest BCUT2D eigenvalue weighted by Gasteiger charge is 2.54. The predicted octanol–water partition coefficient (Wildman–Crippen LogP) is 3.60. The van der Waals surface area contributed by atoms with Gasteiger partial charge in [0.25, 0.3) is 0 Å². The number of aliphatic hydroxyl groups excluding tert-OH is 1. The lowest BCUT2D eigenvalue weighted by atomic mass is 9.55. The third-order valence-electron chi connectivity index (χ3n) is 7.60. The second-order valence-electron chi connectivity index (χ2n) is 9.65. The molecule has 0 aromatic heterocycles. The molecule has 3 aliphatic rings. The molecular weight excluding hydrogens is 463 g/mol. The van der Waals surface area contributed by atoms with Gasteiger partial charge in [0.1, 0.15) is 0 Å². The average Bonchev–Trinajstić information content (AvgIpc) is 2.99. The number of aliphatic hydroxyl groups is 1. The molecule has 0 unspecified atom stereocenters. The van der Waals surface area contributed by atoms with E-state index in [1.165, 1.54) is 12.1 Å². The highest BCUT2D eigenvalue weighted by Crippen LogP contribution is 2.61. The highest BCUT2D eigenvalue weighted by molar-refractivity contribution is 7.85. The molecule has 5 atom stereocenters. The highest BCUT2D eigenvalue weighted by atomic mass is 32.2. The maximum Gasteiger partial charge on any atom is 0.422 e. The molecule has 3 aliphatic carbocycles. The van der Waals surface area contributed by atoms with Gasteiger partial charge in [-0.1, -0.05) is 6.92 Å². The molecule has 0 aliphatic heterocycles. The van der Waals surface area contributed by atoms with Crippen LogP contribution in [0.2, 0.25) is 0 Å². The first-order chi connectivity index (χ1) is 15.3. The number of hydrogen-bond donors (Lipinski definition) is 2. The van der Waals surface area contributed by atoms with Gasteiger partial charge < -0.3 is 14.0 Å². The minimum absolute atomic E-state index is 0.0892. The number of aryl methyl sites for hydroxylation is 1. The summed E-state index contributed by atoms with van der Waals surface area (Å²) in [5, 5.41) is 10.5. The Hall–Kier alpha value is -2.01. The number of alkyl halides is 3. The van der Waals surface area contributed by atoms with Crippen LogP contribution in [0.1, 0.15) is 63.0 Å². The zero-order valence-electron chi connectivity index (χ0n) is 18.4. The van der Waals surface area contributed by atoms with Crippen molar-refractivity contribution in [1.82, 2.24) is 4.72 Å². The van der Waals surface area contributed by atoms with Crippen LogP contribution in [0.3, 0.4) is 0 Å². The van der Waals surface area contributed by atoms with Crippen molar-refractivity contribution in [3.05, 3.63) is 23.3 Å². The molecule has 0 saturated heterocycles. The van der Waals surface area contributed by atoms with Crippen LogP contribution in [0.15, 0.2) is 12.1 Å². The summed E-state index contributed by atoms with van der Waals surface area (Å²) in [6.45, 7) is 1.50.